The lowest BCUT2D eigenvalue weighted by Gasteiger charge is -2.13. The van der Waals surface area contributed by atoms with E-state index >= 15 is 0 Å². The molecule has 0 bridgehead atoms. The first-order chi connectivity index (χ1) is 13.0. The zero-order valence-electron chi connectivity index (χ0n) is 14.5. The van der Waals surface area contributed by atoms with Crippen molar-refractivity contribution in [2.75, 3.05) is 5.32 Å². The predicted octanol–water partition coefficient (Wildman–Crippen LogP) is 5.80. The van der Waals surface area contributed by atoms with E-state index in [-0.39, 0.29) is 16.4 Å². The first-order valence-corrected chi connectivity index (χ1v) is 8.33. The number of pyridine rings is 1. The number of anilines is 2. The molecule has 0 amide bonds. The highest BCUT2D eigenvalue weighted by Gasteiger charge is 2.16. The summed E-state index contributed by atoms with van der Waals surface area (Å²) in [5.41, 5.74) is 2.39. The minimum Gasteiger partial charge on any atom is -0.464 e. The molecule has 5 nitrogen and oxygen atoms in total. The molecular formula is C20H16ClFN4O. The average molecular weight is 383 g/mol. The summed E-state index contributed by atoms with van der Waals surface area (Å²) in [7, 11) is 0. The monoisotopic (exact) mass is 382 g/mol. The first-order valence-electron chi connectivity index (χ1n) is 7.95. The summed E-state index contributed by atoms with van der Waals surface area (Å²) in [5.74, 6) is 0.418. The van der Waals surface area contributed by atoms with E-state index in [4.69, 9.17) is 16.0 Å². The quantitative estimate of drug-likeness (QED) is 0.545. The van der Waals surface area contributed by atoms with E-state index in [2.05, 4.69) is 33.4 Å². The van der Waals surface area contributed by atoms with E-state index in [9.17, 15) is 4.39 Å². The van der Waals surface area contributed by atoms with E-state index in [1.54, 1.807) is 37.0 Å². The van der Waals surface area contributed by atoms with Gasteiger partial charge in [-0.05, 0) is 36.8 Å². The van der Waals surface area contributed by atoms with Crippen LogP contribution in [0.3, 0.4) is 0 Å². The topological polar surface area (TPSA) is 63.8 Å². The second-order valence-electron chi connectivity index (χ2n) is 5.66. The van der Waals surface area contributed by atoms with E-state index in [0.29, 0.717) is 17.1 Å². The van der Waals surface area contributed by atoms with Gasteiger partial charge in [-0.3, -0.25) is 4.98 Å². The van der Waals surface area contributed by atoms with Crippen molar-refractivity contribution in [2.45, 2.75) is 6.92 Å². The summed E-state index contributed by atoms with van der Waals surface area (Å²) in [6.07, 6.45) is 7.82. The van der Waals surface area contributed by atoms with E-state index in [1.807, 2.05) is 13.0 Å². The lowest BCUT2D eigenvalue weighted by molar-refractivity contribution is 0.582. The Morgan fingerprint density at radius 3 is 2.74 bits per heavy atom. The van der Waals surface area contributed by atoms with Crippen LogP contribution in [0.15, 0.2) is 77.6 Å². The first kappa shape index (κ1) is 18.5. The van der Waals surface area contributed by atoms with Gasteiger partial charge < -0.3 is 9.73 Å². The van der Waals surface area contributed by atoms with Crippen molar-refractivity contribution in [3.63, 3.8) is 0 Å². The molecule has 0 saturated heterocycles. The molecule has 0 saturated carbocycles. The molecule has 0 unspecified atom stereocenters. The van der Waals surface area contributed by atoms with Crippen LogP contribution in [0.1, 0.15) is 11.4 Å². The lowest BCUT2D eigenvalue weighted by Crippen LogP contribution is -2.03. The number of aryl methyl sites for hydroxylation is 1. The molecule has 0 fully saturated rings. The van der Waals surface area contributed by atoms with Crippen LogP contribution in [0.4, 0.5) is 15.9 Å². The summed E-state index contributed by atoms with van der Waals surface area (Å²) < 4.78 is 19.4. The Morgan fingerprint density at radius 1 is 1.30 bits per heavy atom. The van der Waals surface area contributed by atoms with Crippen LogP contribution < -0.4 is 5.32 Å². The molecule has 3 rings (SSSR count). The van der Waals surface area contributed by atoms with Crippen molar-refractivity contribution < 1.29 is 8.81 Å². The number of allylic oxidation sites excluding steroid dienone is 4. The summed E-state index contributed by atoms with van der Waals surface area (Å²) in [4.78, 5) is 12.8. The molecular weight excluding hydrogens is 367 g/mol. The van der Waals surface area contributed by atoms with Gasteiger partial charge in [0, 0.05) is 29.3 Å². The predicted molar refractivity (Wildman–Crippen MR) is 105 cm³/mol. The Hall–Kier alpha value is -3.25. The van der Waals surface area contributed by atoms with Crippen molar-refractivity contribution >= 4 is 28.7 Å². The molecule has 136 valence electrons. The third-order valence-electron chi connectivity index (χ3n) is 3.68. The number of halogens is 2. The molecule has 0 spiro atoms. The standard InChI is InChI=1S/C20H16ClFN4O/c1-12-10-23-7-6-17(12)25-20-16(18-5-4-8-27-18)11-24-19(26-20)15(14(3)22)9-13(2)21/h4-11H,2-3H2,1H3,(H,23,24,25,26)/b15-9+. The summed E-state index contributed by atoms with van der Waals surface area (Å²) in [6, 6.07) is 5.36. The number of furan rings is 1. The number of hydrogen-bond donors (Lipinski definition) is 1. The second-order valence-corrected chi connectivity index (χ2v) is 6.14. The van der Waals surface area contributed by atoms with Gasteiger partial charge in [0.1, 0.15) is 17.4 Å². The molecule has 0 aliphatic rings. The van der Waals surface area contributed by atoms with Crippen molar-refractivity contribution in [1.29, 1.82) is 0 Å². The normalized spacial score (nSPS) is 11.3. The zero-order chi connectivity index (χ0) is 19.4. The molecule has 0 aliphatic carbocycles. The summed E-state index contributed by atoms with van der Waals surface area (Å²) in [6.45, 7) is 8.79. The molecule has 0 aromatic carbocycles. The minimum atomic E-state index is -0.714. The van der Waals surface area contributed by atoms with E-state index in [1.165, 1.54) is 6.08 Å². The fourth-order valence-corrected chi connectivity index (χ4v) is 2.49. The number of nitrogens with zero attached hydrogens (tertiary/aromatic N) is 3. The Kier molecular flexibility index (Phi) is 5.47. The number of nitrogens with one attached hydrogen (secondary N) is 1. The van der Waals surface area contributed by atoms with Crippen LogP contribution in [0.5, 0.6) is 0 Å². The van der Waals surface area contributed by atoms with Gasteiger partial charge >= 0.3 is 0 Å². The lowest BCUT2D eigenvalue weighted by atomic mass is 10.1. The van der Waals surface area contributed by atoms with Gasteiger partial charge in [-0.15, -0.1) is 0 Å². The Morgan fingerprint density at radius 2 is 2.11 bits per heavy atom. The third kappa shape index (κ3) is 4.30. The van der Waals surface area contributed by atoms with Gasteiger partial charge in [0.05, 0.1) is 17.4 Å². The van der Waals surface area contributed by atoms with Crippen LogP contribution >= 0.6 is 11.6 Å². The van der Waals surface area contributed by atoms with Crippen LogP contribution in [0, 0.1) is 6.92 Å². The molecule has 7 heteroatoms. The van der Waals surface area contributed by atoms with Crippen LogP contribution in [-0.2, 0) is 0 Å². The van der Waals surface area contributed by atoms with Gasteiger partial charge in [0.2, 0.25) is 0 Å². The van der Waals surface area contributed by atoms with Crippen molar-refractivity contribution in [2.24, 2.45) is 0 Å². The van der Waals surface area contributed by atoms with Gasteiger partial charge in [0.15, 0.2) is 5.82 Å². The number of rotatable bonds is 6. The minimum absolute atomic E-state index is 0.0514. The SMILES string of the molecule is C=C(Cl)/C=C(\C(=C)F)c1ncc(-c2ccco2)c(Nc2ccncc2C)n1. The van der Waals surface area contributed by atoms with Crippen molar-refractivity contribution in [3.05, 3.63) is 84.5 Å². The number of hydrogen-bond acceptors (Lipinski definition) is 5. The van der Waals surface area contributed by atoms with Gasteiger partial charge in [0.25, 0.3) is 0 Å². The summed E-state index contributed by atoms with van der Waals surface area (Å²) in [5, 5.41) is 3.37. The molecule has 0 atom stereocenters. The molecule has 3 aromatic heterocycles. The Bertz CT molecular complexity index is 1030. The highest BCUT2D eigenvalue weighted by atomic mass is 35.5. The average Bonchev–Trinajstić information content (AvgIpc) is 3.15. The largest absolute Gasteiger partial charge is 0.464 e. The Labute approximate surface area is 161 Å². The van der Waals surface area contributed by atoms with Crippen molar-refractivity contribution in [1.82, 2.24) is 15.0 Å². The van der Waals surface area contributed by atoms with Gasteiger partial charge in [-0.2, -0.15) is 0 Å². The molecule has 0 radical (unpaired) electrons. The maximum absolute atomic E-state index is 13.9. The van der Waals surface area contributed by atoms with Crippen molar-refractivity contribution in [3.8, 4) is 11.3 Å². The van der Waals surface area contributed by atoms with Gasteiger partial charge in [-0.1, -0.05) is 24.8 Å². The Balaban J connectivity index is 2.13. The maximum Gasteiger partial charge on any atom is 0.164 e. The zero-order valence-corrected chi connectivity index (χ0v) is 15.3. The number of aromatic nitrogens is 3. The van der Waals surface area contributed by atoms with Crippen LogP contribution in [-0.4, -0.2) is 15.0 Å². The fraction of sp³-hybridized carbons (Fsp3) is 0.0500. The van der Waals surface area contributed by atoms with Gasteiger partial charge in [-0.25, -0.2) is 14.4 Å². The molecule has 27 heavy (non-hydrogen) atoms. The highest BCUT2D eigenvalue weighted by Crippen LogP contribution is 2.32. The highest BCUT2D eigenvalue weighted by molar-refractivity contribution is 6.31. The summed E-state index contributed by atoms with van der Waals surface area (Å²) >= 11 is 5.80. The second kappa shape index (κ2) is 7.97. The van der Waals surface area contributed by atoms with E-state index in [0.717, 1.165) is 11.3 Å². The molecule has 1 N–H and O–H groups in total. The smallest absolute Gasteiger partial charge is 0.164 e. The third-order valence-corrected chi connectivity index (χ3v) is 3.79. The fourth-order valence-electron chi connectivity index (χ4n) is 2.38. The molecule has 3 aromatic rings. The molecule has 0 aliphatic heterocycles. The van der Waals surface area contributed by atoms with Crippen LogP contribution in [0.2, 0.25) is 0 Å². The van der Waals surface area contributed by atoms with Crippen LogP contribution in [0.25, 0.3) is 16.9 Å². The molecule has 3 heterocycles. The maximum atomic E-state index is 13.9. The van der Waals surface area contributed by atoms with E-state index < -0.39 is 5.83 Å².